The highest BCUT2D eigenvalue weighted by Crippen LogP contribution is 2.29. The van der Waals surface area contributed by atoms with Crippen molar-refractivity contribution in [1.29, 1.82) is 0 Å². The maximum Gasteiger partial charge on any atom is 0.225 e. The number of ether oxygens (including phenoxy) is 1. The average Bonchev–Trinajstić information content (AvgIpc) is 2.84. The molecule has 4 heteroatoms. The third-order valence-corrected chi connectivity index (χ3v) is 4.41. The first-order valence-electron chi connectivity index (χ1n) is 6.69. The van der Waals surface area contributed by atoms with Gasteiger partial charge in [-0.15, -0.1) is 0 Å². The summed E-state index contributed by atoms with van der Waals surface area (Å²) in [7, 11) is 1.91. The second kappa shape index (κ2) is 5.36. The first-order valence-corrected chi connectivity index (χ1v) is 6.69. The van der Waals surface area contributed by atoms with E-state index in [4.69, 9.17) is 10.5 Å². The molecule has 4 nitrogen and oxygen atoms in total. The van der Waals surface area contributed by atoms with Crippen LogP contribution in [0.15, 0.2) is 0 Å². The zero-order valence-electron chi connectivity index (χ0n) is 10.9. The van der Waals surface area contributed by atoms with Gasteiger partial charge in [-0.1, -0.05) is 6.92 Å². The third-order valence-electron chi connectivity index (χ3n) is 4.41. The molecule has 1 aliphatic heterocycles. The molecular formula is C13H24N2O2. The summed E-state index contributed by atoms with van der Waals surface area (Å²) in [6.45, 7) is 3.65. The van der Waals surface area contributed by atoms with Gasteiger partial charge in [-0.2, -0.15) is 0 Å². The standard InChI is InChI=1S/C13H24N2O2/c1-9-3-4-10(7-12(9)14)13(16)15(2)11-5-6-17-8-11/h9-12H,3-8,14H2,1-2H3. The minimum absolute atomic E-state index is 0.131. The second-order valence-electron chi connectivity index (χ2n) is 5.62. The van der Waals surface area contributed by atoms with Gasteiger partial charge in [0.15, 0.2) is 0 Å². The zero-order valence-corrected chi connectivity index (χ0v) is 10.9. The van der Waals surface area contributed by atoms with Crippen molar-refractivity contribution < 1.29 is 9.53 Å². The van der Waals surface area contributed by atoms with Crippen LogP contribution in [0, 0.1) is 11.8 Å². The molecular weight excluding hydrogens is 216 g/mol. The van der Waals surface area contributed by atoms with Crippen LogP contribution in [0.4, 0.5) is 0 Å². The zero-order chi connectivity index (χ0) is 12.4. The number of hydrogen-bond acceptors (Lipinski definition) is 3. The van der Waals surface area contributed by atoms with Crippen LogP contribution in [0.25, 0.3) is 0 Å². The molecule has 1 saturated heterocycles. The maximum atomic E-state index is 12.4. The fourth-order valence-corrected chi connectivity index (χ4v) is 2.88. The van der Waals surface area contributed by atoms with Crippen LogP contribution in [-0.4, -0.2) is 43.2 Å². The van der Waals surface area contributed by atoms with Crippen molar-refractivity contribution in [3.8, 4) is 0 Å². The van der Waals surface area contributed by atoms with E-state index in [1.54, 1.807) is 0 Å². The van der Waals surface area contributed by atoms with Gasteiger partial charge in [-0.25, -0.2) is 0 Å². The van der Waals surface area contributed by atoms with E-state index < -0.39 is 0 Å². The van der Waals surface area contributed by atoms with Crippen LogP contribution in [0.1, 0.15) is 32.6 Å². The van der Waals surface area contributed by atoms with Gasteiger partial charge in [0.1, 0.15) is 0 Å². The summed E-state index contributed by atoms with van der Waals surface area (Å²) in [5.74, 6) is 0.953. The fourth-order valence-electron chi connectivity index (χ4n) is 2.88. The summed E-state index contributed by atoms with van der Waals surface area (Å²) in [6, 6.07) is 0.462. The lowest BCUT2D eigenvalue weighted by atomic mass is 9.79. The van der Waals surface area contributed by atoms with E-state index in [0.29, 0.717) is 12.5 Å². The monoisotopic (exact) mass is 240 g/mol. The number of carbonyl (C=O) groups is 1. The predicted molar refractivity (Wildman–Crippen MR) is 66.5 cm³/mol. The van der Waals surface area contributed by atoms with Crippen LogP contribution in [0.5, 0.6) is 0 Å². The van der Waals surface area contributed by atoms with E-state index in [1.165, 1.54) is 0 Å². The summed E-state index contributed by atoms with van der Waals surface area (Å²) in [6.07, 6.45) is 3.88. The predicted octanol–water partition coefficient (Wildman–Crippen LogP) is 0.997. The van der Waals surface area contributed by atoms with Gasteiger partial charge in [0.05, 0.1) is 12.6 Å². The Morgan fingerprint density at radius 2 is 2.12 bits per heavy atom. The molecule has 0 aromatic carbocycles. The Bertz CT molecular complexity index is 277. The van der Waals surface area contributed by atoms with E-state index >= 15 is 0 Å². The minimum atomic E-state index is 0.131. The Hall–Kier alpha value is -0.610. The van der Waals surface area contributed by atoms with Gasteiger partial charge in [0, 0.05) is 25.6 Å². The highest BCUT2D eigenvalue weighted by molar-refractivity contribution is 5.79. The molecule has 0 aromatic heterocycles. The van der Waals surface area contributed by atoms with Gasteiger partial charge in [-0.3, -0.25) is 4.79 Å². The van der Waals surface area contributed by atoms with Gasteiger partial charge in [0.25, 0.3) is 0 Å². The van der Waals surface area contributed by atoms with Crippen molar-refractivity contribution in [2.75, 3.05) is 20.3 Å². The molecule has 2 rings (SSSR count). The quantitative estimate of drug-likeness (QED) is 0.783. The summed E-state index contributed by atoms with van der Waals surface area (Å²) < 4.78 is 5.34. The summed E-state index contributed by atoms with van der Waals surface area (Å²) in [5, 5.41) is 0. The van der Waals surface area contributed by atoms with Crippen molar-refractivity contribution in [3.05, 3.63) is 0 Å². The molecule has 2 fully saturated rings. The third kappa shape index (κ3) is 2.80. The Balaban J connectivity index is 1.90. The molecule has 98 valence electrons. The molecule has 1 saturated carbocycles. The molecule has 0 aromatic rings. The van der Waals surface area contributed by atoms with Gasteiger partial charge in [0.2, 0.25) is 5.91 Å². The number of carbonyl (C=O) groups excluding carboxylic acids is 1. The van der Waals surface area contributed by atoms with Gasteiger partial charge in [-0.05, 0) is 31.6 Å². The van der Waals surface area contributed by atoms with Crippen LogP contribution in [0.2, 0.25) is 0 Å². The average molecular weight is 240 g/mol. The Morgan fingerprint density at radius 1 is 1.35 bits per heavy atom. The molecule has 0 radical (unpaired) electrons. The minimum Gasteiger partial charge on any atom is -0.379 e. The lowest BCUT2D eigenvalue weighted by Crippen LogP contribution is -2.45. The highest BCUT2D eigenvalue weighted by Gasteiger charge is 2.33. The number of likely N-dealkylation sites (N-methyl/N-ethyl adjacent to an activating group) is 1. The van der Waals surface area contributed by atoms with Crippen molar-refractivity contribution in [2.45, 2.75) is 44.7 Å². The summed E-state index contributed by atoms with van der Waals surface area (Å²) in [5.41, 5.74) is 6.06. The fraction of sp³-hybridized carbons (Fsp3) is 0.923. The number of hydrogen-bond donors (Lipinski definition) is 1. The molecule has 1 heterocycles. The molecule has 1 amide bonds. The smallest absolute Gasteiger partial charge is 0.225 e. The lowest BCUT2D eigenvalue weighted by Gasteiger charge is -2.34. The Morgan fingerprint density at radius 3 is 2.71 bits per heavy atom. The van der Waals surface area contributed by atoms with Crippen LogP contribution in [-0.2, 0) is 9.53 Å². The second-order valence-corrected chi connectivity index (χ2v) is 5.62. The first kappa shape index (κ1) is 12.8. The molecule has 17 heavy (non-hydrogen) atoms. The largest absolute Gasteiger partial charge is 0.379 e. The number of amides is 1. The van der Waals surface area contributed by atoms with E-state index in [0.717, 1.165) is 32.3 Å². The molecule has 0 spiro atoms. The van der Waals surface area contributed by atoms with Crippen molar-refractivity contribution in [2.24, 2.45) is 17.6 Å². The van der Waals surface area contributed by atoms with Gasteiger partial charge >= 0.3 is 0 Å². The topological polar surface area (TPSA) is 55.6 Å². The van der Waals surface area contributed by atoms with E-state index in [1.807, 2.05) is 11.9 Å². The molecule has 4 atom stereocenters. The van der Waals surface area contributed by atoms with E-state index in [-0.39, 0.29) is 23.9 Å². The molecule has 1 aliphatic carbocycles. The molecule has 4 unspecified atom stereocenters. The molecule has 2 aliphatic rings. The highest BCUT2D eigenvalue weighted by atomic mass is 16.5. The number of nitrogens with two attached hydrogens (primary N) is 1. The molecule has 0 bridgehead atoms. The van der Waals surface area contributed by atoms with Crippen LogP contribution >= 0.6 is 0 Å². The number of rotatable bonds is 2. The number of nitrogens with zero attached hydrogens (tertiary/aromatic N) is 1. The van der Waals surface area contributed by atoms with Crippen molar-refractivity contribution in [1.82, 2.24) is 4.90 Å². The van der Waals surface area contributed by atoms with Crippen LogP contribution in [0.3, 0.4) is 0 Å². The van der Waals surface area contributed by atoms with E-state index in [2.05, 4.69) is 6.92 Å². The molecule has 2 N–H and O–H groups in total. The summed E-state index contributed by atoms with van der Waals surface area (Å²) in [4.78, 5) is 14.2. The summed E-state index contributed by atoms with van der Waals surface area (Å²) >= 11 is 0. The maximum absolute atomic E-state index is 12.4. The SMILES string of the molecule is CC1CCC(C(=O)N(C)C2CCOC2)CC1N. The van der Waals surface area contributed by atoms with Crippen LogP contribution < -0.4 is 5.73 Å². The first-order chi connectivity index (χ1) is 8.09. The normalized spacial score (nSPS) is 38.1. The lowest BCUT2D eigenvalue weighted by molar-refractivity contribution is -0.137. The Labute approximate surface area is 103 Å². The van der Waals surface area contributed by atoms with Gasteiger partial charge < -0.3 is 15.4 Å². The van der Waals surface area contributed by atoms with Crippen molar-refractivity contribution >= 4 is 5.91 Å². The van der Waals surface area contributed by atoms with E-state index in [9.17, 15) is 4.79 Å². The Kier molecular flexibility index (Phi) is 4.05. The van der Waals surface area contributed by atoms with Crippen molar-refractivity contribution in [3.63, 3.8) is 0 Å².